The van der Waals surface area contributed by atoms with Crippen molar-refractivity contribution in [1.82, 2.24) is 0 Å². The lowest BCUT2D eigenvalue weighted by atomic mass is 9.98. The van der Waals surface area contributed by atoms with E-state index in [1.807, 2.05) is 13.8 Å². The van der Waals surface area contributed by atoms with E-state index in [1.165, 1.54) is 18.2 Å². The Morgan fingerprint density at radius 2 is 2.19 bits per heavy atom. The van der Waals surface area contributed by atoms with Crippen molar-refractivity contribution in [3.63, 3.8) is 0 Å². The van der Waals surface area contributed by atoms with Crippen LogP contribution in [0.5, 0.6) is 0 Å². The van der Waals surface area contributed by atoms with Gasteiger partial charge in [0.1, 0.15) is 11.6 Å². The molecule has 0 aliphatic carbocycles. The third-order valence-electron chi connectivity index (χ3n) is 2.67. The number of carbonyl (C=O) groups excluding carboxylic acids is 1. The van der Waals surface area contributed by atoms with Crippen LogP contribution in [0.15, 0.2) is 18.2 Å². The Bertz CT molecular complexity index is 376. The van der Waals surface area contributed by atoms with Gasteiger partial charge in [-0.2, -0.15) is 0 Å². The number of hydrogen-bond donors (Lipinski definition) is 0. The lowest BCUT2D eigenvalue weighted by Gasteiger charge is -2.08. The van der Waals surface area contributed by atoms with E-state index in [4.69, 9.17) is 11.6 Å². The highest BCUT2D eigenvalue weighted by molar-refractivity contribution is 6.31. The molecule has 1 aromatic rings. The zero-order chi connectivity index (χ0) is 12.1. The molecule has 0 fully saturated rings. The third kappa shape index (κ3) is 3.93. The molecule has 0 aromatic heterocycles. The van der Waals surface area contributed by atoms with Gasteiger partial charge in [0.05, 0.1) is 0 Å². The minimum atomic E-state index is -0.351. The Labute approximate surface area is 101 Å². The second kappa shape index (κ2) is 6.00. The van der Waals surface area contributed by atoms with E-state index < -0.39 is 0 Å². The Hall–Kier alpha value is -0.890. The zero-order valence-electron chi connectivity index (χ0n) is 9.59. The molecule has 0 amide bonds. The topological polar surface area (TPSA) is 17.1 Å². The van der Waals surface area contributed by atoms with Crippen molar-refractivity contribution in [1.29, 1.82) is 0 Å². The first-order chi connectivity index (χ1) is 7.52. The maximum Gasteiger partial charge on any atom is 0.137 e. The molecule has 0 spiro atoms. The Balaban J connectivity index is 2.65. The highest BCUT2D eigenvalue weighted by Gasteiger charge is 2.11. The molecule has 1 unspecified atom stereocenters. The molecule has 0 bridgehead atoms. The van der Waals surface area contributed by atoms with Crippen LogP contribution in [0.1, 0.15) is 32.3 Å². The number of ketones is 1. The van der Waals surface area contributed by atoms with Gasteiger partial charge in [-0.25, -0.2) is 4.39 Å². The highest BCUT2D eigenvalue weighted by Crippen LogP contribution is 2.19. The Morgan fingerprint density at radius 3 is 2.81 bits per heavy atom. The number of carbonyl (C=O) groups is 1. The summed E-state index contributed by atoms with van der Waals surface area (Å²) in [6.45, 7) is 4.08. The number of Topliss-reactive ketones (excluding diaryl/α,β-unsaturated/α-hetero) is 1. The molecule has 1 atom stereocenters. The summed E-state index contributed by atoms with van der Waals surface area (Å²) in [5.74, 6) is 0.137. The fraction of sp³-hybridized carbons (Fsp3) is 0.462. The molecule has 0 saturated carbocycles. The second-order valence-electron chi connectivity index (χ2n) is 4.17. The van der Waals surface area contributed by atoms with E-state index in [9.17, 15) is 9.18 Å². The van der Waals surface area contributed by atoms with Crippen molar-refractivity contribution in [3.05, 3.63) is 34.6 Å². The Kier molecular flexibility index (Phi) is 4.94. The maximum absolute atomic E-state index is 13.0. The lowest BCUT2D eigenvalue weighted by Crippen LogP contribution is -2.08. The van der Waals surface area contributed by atoms with Crippen molar-refractivity contribution < 1.29 is 9.18 Å². The van der Waals surface area contributed by atoms with Crippen LogP contribution in [0.2, 0.25) is 5.02 Å². The molecular formula is C13H16ClFO. The van der Waals surface area contributed by atoms with Gasteiger partial charge in [0, 0.05) is 17.9 Å². The standard InChI is InChI=1S/C13H16ClFO/c1-3-9(2)6-12(16)8-10-7-11(15)4-5-13(10)14/h4-5,7,9H,3,6,8H2,1-2H3. The quantitative estimate of drug-likeness (QED) is 0.762. The van der Waals surface area contributed by atoms with Crippen LogP contribution in [-0.4, -0.2) is 5.78 Å². The first kappa shape index (κ1) is 13.2. The van der Waals surface area contributed by atoms with Crippen LogP contribution in [0.4, 0.5) is 4.39 Å². The Morgan fingerprint density at radius 1 is 1.50 bits per heavy atom. The molecule has 0 radical (unpaired) electrons. The van der Waals surface area contributed by atoms with Crippen molar-refractivity contribution in [3.8, 4) is 0 Å². The van der Waals surface area contributed by atoms with Crippen molar-refractivity contribution >= 4 is 17.4 Å². The van der Waals surface area contributed by atoms with Crippen molar-refractivity contribution in [2.45, 2.75) is 33.1 Å². The molecule has 1 rings (SSSR count). The first-order valence-corrected chi connectivity index (χ1v) is 5.86. The van der Waals surface area contributed by atoms with Gasteiger partial charge in [-0.1, -0.05) is 31.9 Å². The minimum absolute atomic E-state index is 0.113. The van der Waals surface area contributed by atoms with Gasteiger partial charge in [0.15, 0.2) is 0 Å². The van der Waals surface area contributed by atoms with Crippen LogP contribution < -0.4 is 0 Å². The number of halogens is 2. The fourth-order valence-corrected chi connectivity index (χ4v) is 1.68. The van der Waals surface area contributed by atoms with Gasteiger partial charge >= 0.3 is 0 Å². The second-order valence-corrected chi connectivity index (χ2v) is 4.58. The summed E-state index contributed by atoms with van der Waals surface area (Å²) < 4.78 is 13.0. The molecule has 0 saturated heterocycles. The fourth-order valence-electron chi connectivity index (χ4n) is 1.50. The molecule has 3 heteroatoms. The van der Waals surface area contributed by atoms with Crippen LogP contribution in [-0.2, 0) is 11.2 Å². The van der Waals surface area contributed by atoms with Gasteiger partial charge < -0.3 is 0 Å². The van der Waals surface area contributed by atoms with Crippen molar-refractivity contribution in [2.24, 2.45) is 5.92 Å². The summed E-state index contributed by atoms with van der Waals surface area (Å²) >= 11 is 5.89. The summed E-state index contributed by atoms with van der Waals surface area (Å²) in [6.07, 6.45) is 1.73. The van der Waals surface area contributed by atoms with Gasteiger partial charge in [0.25, 0.3) is 0 Å². The molecule has 1 aromatic carbocycles. The monoisotopic (exact) mass is 242 g/mol. The third-order valence-corrected chi connectivity index (χ3v) is 3.04. The van der Waals surface area contributed by atoms with Crippen LogP contribution >= 0.6 is 11.6 Å². The van der Waals surface area contributed by atoms with Gasteiger partial charge in [0.2, 0.25) is 0 Å². The average molecular weight is 243 g/mol. The summed E-state index contributed by atoms with van der Waals surface area (Å²) in [4.78, 5) is 11.7. The van der Waals surface area contributed by atoms with Crippen LogP contribution in [0, 0.1) is 11.7 Å². The molecule has 0 heterocycles. The summed E-state index contributed by atoms with van der Waals surface area (Å²) in [5.41, 5.74) is 0.579. The number of rotatable bonds is 5. The predicted molar refractivity (Wildman–Crippen MR) is 64.2 cm³/mol. The summed E-state index contributed by atoms with van der Waals surface area (Å²) in [6, 6.07) is 4.12. The van der Waals surface area contributed by atoms with Crippen LogP contribution in [0.25, 0.3) is 0 Å². The zero-order valence-corrected chi connectivity index (χ0v) is 10.4. The predicted octanol–water partition coefficient (Wildman–Crippen LogP) is 4.03. The molecule has 0 aliphatic heterocycles. The molecular weight excluding hydrogens is 227 g/mol. The van der Waals surface area contributed by atoms with Gasteiger partial charge in [-0.15, -0.1) is 0 Å². The number of hydrogen-bond acceptors (Lipinski definition) is 1. The summed E-state index contributed by atoms with van der Waals surface area (Å²) in [7, 11) is 0. The molecule has 16 heavy (non-hydrogen) atoms. The first-order valence-electron chi connectivity index (χ1n) is 5.48. The molecule has 0 N–H and O–H groups in total. The highest BCUT2D eigenvalue weighted by atomic mass is 35.5. The van der Waals surface area contributed by atoms with Crippen LogP contribution in [0.3, 0.4) is 0 Å². The van der Waals surface area contributed by atoms with E-state index in [2.05, 4.69) is 0 Å². The van der Waals surface area contributed by atoms with E-state index >= 15 is 0 Å². The van der Waals surface area contributed by atoms with Crippen molar-refractivity contribution in [2.75, 3.05) is 0 Å². The van der Waals surface area contributed by atoms with E-state index in [0.717, 1.165) is 6.42 Å². The van der Waals surface area contributed by atoms with Gasteiger partial charge in [-0.3, -0.25) is 4.79 Å². The lowest BCUT2D eigenvalue weighted by molar-refractivity contribution is -0.119. The maximum atomic E-state index is 13.0. The van der Waals surface area contributed by atoms with Gasteiger partial charge in [-0.05, 0) is 29.7 Å². The smallest absolute Gasteiger partial charge is 0.137 e. The molecule has 0 aliphatic rings. The minimum Gasteiger partial charge on any atom is -0.299 e. The SMILES string of the molecule is CCC(C)CC(=O)Cc1cc(F)ccc1Cl. The molecule has 1 nitrogen and oxygen atoms in total. The average Bonchev–Trinajstić information content (AvgIpc) is 2.23. The summed E-state index contributed by atoms with van der Waals surface area (Å²) in [5, 5.41) is 0.457. The van der Waals surface area contributed by atoms with E-state index in [-0.39, 0.29) is 18.0 Å². The normalized spacial score (nSPS) is 12.5. The largest absolute Gasteiger partial charge is 0.299 e. The molecule has 88 valence electrons. The number of benzene rings is 1. The van der Waals surface area contributed by atoms with E-state index in [1.54, 1.807) is 0 Å². The van der Waals surface area contributed by atoms with E-state index in [0.29, 0.717) is 22.9 Å².